The molecule has 1 atom stereocenters. The van der Waals surface area contributed by atoms with Crippen molar-refractivity contribution in [2.45, 2.75) is 77.2 Å². The van der Waals surface area contributed by atoms with Crippen LogP contribution in [0.4, 0.5) is 0 Å². The molecule has 4 rings (SSSR count). The minimum atomic E-state index is -0.918. The first-order valence-electron chi connectivity index (χ1n) is 10.9. The van der Waals surface area contributed by atoms with Crippen LogP contribution in [0.15, 0.2) is 42.5 Å². The number of benzene rings is 2. The molecule has 2 aliphatic carbocycles. The Balaban J connectivity index is 1.67. The zero-order chi connectivity index (χ0) is 21.7. The monoisotopic (exact) mass is 404 g/mol. The fraction of sp³-hybridized carbons (Fsp3) is 0.444. The molecule has 0 saturated carbocycles. The molecule has 1 unspecified atom stereocenters. The molecule has 0 fully saturated rings. The minimum absolute atomic E-state index is 0.00265. The van der Waals surface area contributed by atoms with Gasteiger partial charge in [0, 0.05) is 0 Å². The summed E-state index contributed by atoms with van der Waals surface area (Å²) in [5.74, 6) is -0.201. The van der Waals surface area contributed by atoms with Crippen molar-refractivity contribution < 1.29 is 14.6 Å². The van der Waals surface area contributed by atoms with E-state index in [0.29, 0.717) is 0 Å². The summed E-state index contributed by atoms with van der Waals surface area (Å²) in [7, 11) is 0. The first kappa shape index (κ1) is 20.7. The molecule has 0 heterocycles. The van der Waals surface area contributed by atoms with Gasteiger partial charge < -0.3 is 9.84 Å². The largest absolute Gasteiger partial charge is 0.486 e. The lowest BCUT2D eigenvalue weighted by Crippen LogP contribution is -2.34. The van der Waals surface area contributed by atoms with Gasteiger partial charge >= 0.3 is 5.97 Å². The quantitative estimate of drug-likeness (QED) is 0.619. The van der Waals surface area contributed by atoms with Crippen molar-refractivity contribution in [2.24, 2.45) is 0 Å². The predicted octanol–water partition coefficient (Wildman–Crippen LogP) is 6.67. The number of carboxylic acid groups (broad SMARTS) is 1. The highest BCUT2D eigenvalue weighted by molar-refractivity contribution is 5.87. The molecular weight excluding hydrogens is 372 g/mol. The summed E-state index contributed by atoms with van der Waals surface area (Å²) in [6.45, 7) is 11.7. The molecule has 3 nitrogen and oxygen atoms in total. The van der Waals surface area contributed by atoms with E-state index in [2.05, 4.69) is 52.8 Å². The van der Waals surface area contributed by atoms with Crippen molar-refractivity contribution in [1.29, 1.82) is 0 Å². The zero-order valence-electron chi connectivity index (χ0n) is 18.7. The van der Waals surface area contributed by atoms with Crippen molar-refractivity contribution in [3.05, 3.63) is 70.3 Å². The van der Waals surface area contributed by atoms with E-state index in [9.17, 15) is 4.79 Å². The Morgan fingerprint density at radius 1 is 1.00 bits per heavy atom. The maximum absolute atomic E-state index is 11.1. The molecule has 0 bridgehead atoms. The zero-order valence-corrected chi connectivity index (χ0v) is 18.7. The molecule has 30 heavy (non-hydrogen) atoms. The molecule has 2 aromatic rings. The van der Waals surface area contributed by atoms with E-state index < -0.39 is 5.97 Å². The van der Waals surface area contributed by atoms with E-state index in [1.165, 1.54) is 40.7 Å². The lowest BCUT2D eigenvalue weighted by Gasteiger charge is -2.42. The topological polar surface area (TPSA) is 46.5 Å². The minimum Gasteiger partial charge on any atom is -0.486 e. The van der Waals surface area contributed by atoms with Gasteiger partial charge in [-0.3, -0.25) is 0 Å². The molecule has 0 aromatic heterocycles. The normalized spacial score (nSPS) is 21.6. The first-order valence-corrected chi connectivity index (χ1v) is 10.9. The lowest BCUT2D eigenvalue weighted by atomic mass is 9.62. The molecule has 0 saturated heterocycles. The fourth-order valence-electron chi connectivity index (χ4n) is 4.96. The van der Waals surface area contributed by atoms with E-state index in [-0.39, 0.29) is 22.5 Å². The summed E-state index contributed by atoms with van der Waals surface area (Å²) in [6.07, 6.45) is 6.67. The summed E-state index contributed by atoms with van der Waals surface area (Å²) in [5.41, 5.74) is 7.48. The number of aryl methyl sites for hydroxylation is 1. The van der Waals surface area contributed by atoms with E-state index in [1.807, 2.05) is 0 Å². The van der Waals surface area contributed by atoms with Gasteiger partial charge in [0.1, 0.15) is 11.9 Å². The van der Waals surface area contributed by atoms with Crippen molar-refractivity contribution in [3.8, 4) is 5.75 Å². The van der Waals surface area contributed by atoms with Gasteiger partial charge in [-0.2, -0.15) is 0 Å². The van der Waals surface area contributed by atoms with Crippen LogP contribution in [0.3, 0.4) is 0 Å². The Morgan fingerprint density at radius 2 is 1.60 bits per heavy atom. The highest BCUT2D eigenvalue weighted by atomic mass is 16.5. The average Bonchev–Trinajstić information content (AvgIpc) is 3.13. The van der Waals surface area contributed by atoms with E-state index in [0.717, 1.165) is 18.6 Å². The average molecular weight is 405 g/mol. The summed E-state index contributed by atoms with van der Waals surface area (Å²) < 4.78 is 6.31. The van der Waals surface area contributed by atoms with Crippen molar-refractivity contribution in [3.63, 3.8) is 0 Å². The van der Waals surface area contributed by atoms with E-state index in [4.69, 9.17) is 9.84 Å². The third kappa shape index (κ3) is 3.66. The molecule has 0 amide bonds. The van der Waals surface area contributed by atoms with Gasteiger partial charge in [0.05, 0.1) is 5.56 Å². The number of fused-ring (bicyclic) bond motifs is 1. The lowest BCUT2D eigenvalue weighted by molar-refractivity contribution is 0.0697. The smallest absolute Gasteiger partial charge is 0.335 e. The predicted molar refractivity (Wildman–Crippen MR) is 121 cm³/mol. The Morgan fingerprint density at radius 3 is 2.20 bits per heavy atom. The summed E-state index contributed by atoms with van der Waals surface area (Å²) >= 11 is 0. The molecule has 3 heteroatoms. The molecular formula is C27H32O3. The molecule has 1 N–H and O–H groups in total. The van der Waals surface area contributed by atoms with Crippen LogP contribution in [0.5, 0.6) is 5.75 Å². The van der Waals surface area contributed by atoms with Crippen LogP contribution < -0.4 is 4.74 Å². The Hall–Kier alpha value is -2.55. The molecule has 0 spiro atoms. The summed E-state index contributed by atoms with van der Waals surface area (Å²) in [5, 5.41) is 9.11. The second-order valence-corrected chi connectivity index (χ2v) is 10.2. The Kier molecular flexibility index (Phi) is 5.04. The third-order valence-electron chi connectivity index (χ3n) is 7.03. The molecule has 0 radical (unpaired) electrons. The number of carboxylic acids is 1. The fourth-order valence-corrected chi connectivity index (χ4v) is 4.96. The summed E-state index contributed by atoms with van der Waals surface area (Å²) in [4.78, 5) is 11.1. The second kappa shape index (κ2) is 7.30. The number of hydrogen-bond donors (Lipinski definition) is 1. The number of allylic oxidation sites excluding steroid dienone is 1. The van der Waals surface area contributed by atoms with Gasteiger partial charge in [0.15, 0.2) is 0 Å². The SMILES string of the molecule is Cc1cc2c(cc1C1=CCCC1Oc1ccc(C(=O)O)cc1)C(C)(C)CCC2(C)C. The molecule has 2 aromatic carbocycles. The number of aromatic carboxylic acids is 1. The van der Waals surface area contributed by atoms with E-state index in [1.54, 1.807) is 24.3 Å². The van der Waals surface area contributed by atoms with Gasteiger partial charge in [-0.15, -0.1) is 0 Å². The number of carbonyl (C=O) groups is 1. The maximum atomic E-state index is 11.1. The van der Waals surface area contributed by atoms with Gasteiger partial charge in [-0.05, 0) is 95.5 Å². The van der Waals surface area contributed by atoms with Gasteiger partial charge in [-0.25, -0.2) is 4.79 Å². The van der Waals surface area contributed by atoms with Crippen LogP contribution in [-0.4, -0.2) is 17.2 Å². The van der Waals surface area contributed by atoms with Crippen LogP contribution in [0.1, 0.15) is 86.0 Å². The van der Waals surface area contributed by atoms with Crippen molar-refractivity contribution in [1.82, 2.24) is 0 Å². The van der Waals surface area contributed by atoms with Crippen LogP contribution in [0, 0.1) is 6.92 Å². The molecule has 0 aliphatic heterocycles. The maximum Gasteiger partial charge on any atom is 0.335 e. The van der Waals surface area contributed by atoms with Gasteiger partial charge in [0.2, 0.25) is 0 Å². The highest BCUT2D eigenvalue weighted by Crippen LogP contribution is 2.48. The number of rotatable bonds is 4. The van der Waals surface area contributed by atoms with Crippen molar-refractivity contribution >= 4 is 11.5 Å². The molecule has 2 aliphatic rings. The van der Waals surface area contributed by atoms with Gasteiger partial charge in [0.25, 0.3) is 0 Å². The van der Waals surface area contributed by atoms with Crippen LogP contribution in [0.25, 0.3) is 5.57 Å². The molecule has 158 valence electrons. The van der Waals surface area contributed by atoms with Crippen molar-refractivity contribution in [2.75, 3.05) is 0 Å². The van der Waals surface area contributed by atoms with Crippen LogP contribution in [-0.2, 0) is 10.8 Å². The summed E-state index contributed by atoms with van der Waals surface area (Å²) in [6, 6.07) is 11.5. The first-order chi connectivity index (χ1) is 14.1. The highest BCUT2D eigenvalue weighted by Gasteiger charge is 2.38. The Bertz CT molecular complexity index is 1010. The standard InChI is InChI=1S/C27H32O3/c1-17-15-22-23(27(4,5)14-13-26(22,2)3)16-21(17)20-7-6-8-24(20)30-19-11-9-18(10-12-19)25(28)29/h7,9-12,15-16,24H,6,8,13-14H2,1-5H3,(H,28,29). The number of hydrogen-bond acceptors (Lipinski definition) is 2. The van der Waals surface area contributed by atoms with Crippen LogP contribution in [0.2, 0.25) is 0 Å². The number of ether oxygens (including phenoxy) is 1. The second-order valence-electron chi connectivity index (χ2n) is 10.2. The van der Waals surface area contributed by atoms with Gasteiger partial charge in [-0.1, -0.05) is 45.9 Å². The van der Waals surface area contributed by atoms with Crippen LogP contribution >= 0.6 is 0 Å². The Labute approximate surface area is 179 Å². The van der Waals surface area contributed by atoms with E-state index >= 15 is 0 Å². The third-order valence-corrected chi connectivity index (χ3v) is 7.03.